The van der Waals surface area contributed by atoms with Crippen LogP contribution in [0.25, 0.3) is 0 Å². The minimum Gasteiger partial charge on any atom is -0.357 e. The van der Waals surface area contributed by atoms with Crippen LogP contribution in [0.5, 0.6) is 0 Å². The molecule has 0 aliphatic heterocycles. The molecule has 1 amide bonds. The first-order chi connectivity index (χ1) is 12.0. The molecule has 5 nitrogen and oxygen atoms in total. The van der Waals surface area contributed by atoms with E-state index in [0.717, 1.165) is 38.3 Å². The zero-order chi connectivity index (χ0) is 18.1. The zero-order valence-electron chi connectivity index (χ0n) is 16.2. The van der Waals surface area contributed by atoms with E-state index in [-0.39, 0.29) is 41.2 Å². The van der Waals surface area contributed by atoms with Crippen molar-refractivity contribution in [1.29, 1.82) is 0 Å². The average molecular weight is 472 g/mol. The van der Waals surface area contributed by atoms with Crippen LogP contribution in [0.3, 0.4) is 0 Å². The predicted molar refractivity (Wildman–Crippen MR) is 119 cm³/mol. The molecule has 1 aliphatic rings. The number of hydrogen-bond acceptors (Lipinski definition) is 2. The summed E-state index contributed by atoms with van der Waals surface area (Å²) >= 11 is 0. The highest BCUT2D eigenvalue weighted by Crippen LogP contribution is 2.28. The molecule has 3 N–H and O–H groups in total. The lowest BCUT2D eigenvalue weighted by molar-refractivity contribution is -0.122. The van der Waals surface area contributed by atoms with Crippen LogP contribution in [0.1, 0.15) is 39.2 Å². The third-order valence-electron chi connectivity index (χ3n) is 4.20. The summed E-state index contributed by atoms with van der Waals surface area (Å²) in [4.78, 5) is 16.3. The van der Waals surface area contributed by atoms with Crippen molar-refractivity contribution >= 4 is 35.8 Å². The molecule has 1 aliphatic carbocycles. The van der Waals surface area contributed by atoms with E-state index >= 15 is 0 Å². The van der Waals surface area contributed by atoms with Crippen molar-refractivity contribution in [3.05, 3.63) is 35.9 Å². The number of guanidine groups is 1. The molecular weight excluding hydrogens is 439 g/mol. The van der Waals surface area contributed by atoms with Crippen LogP contribution in [-0.2, 0) is 11.2 Å². The van der Waals surface area contributed by atoms with Crippen molar-refractivity contribution in [2.75, 3.05) is 26.2 Å². The second-order valence-electron chi connectivity index (χ2n) is 7.51. The van der Waals surface area contributed by atoms with E-state index < -0.39 is 0 Å². The van der Waals surface area contributed by atoms with Gasteiger partial charge in [-0.25, -0.2) is 0 Å². The van der Waals surface area contributed by atoms with Crippen molar-refractivity contribution in [1.82, 2.24) is 16.0 Å². The summed E-state index contributed by atoms with van der Waals surface area (Å²) in [5, 5.41) is 9.53. The maximum atomic E-state index is 11.6. The fourth-order valence-corrected chi connectivity index (χ4v) is 2.70. The van der Waals surface area contributed by atoms with Crippen LogP contribution in [0, 0.1) is 11.3 Å². The van der Waals surface area contributed by atoms with Gasteiger partial charge in [0, 0.05) is 32.1 Å². The Kier molecular flexibility index (Phi) is 9.98. The number of benzene rings is 1. The fourth-order valence-electron chi connectivity index (χ4n) is 2.70. The Hall–Kier alpha value is -1.31. The van der Waals surface area contributed by atoms with E-state index in [4.69, 9.17) is 4.99 Å². The Labute approximate surface area is 174 Å². The van der Waals surface area contributed by atoms with Crippen molar-refractivity contribution < 1.29 is 4.79 Å². The molecule has 0 atom stereocenters. The van der Waals surface area contributed by atoms with E-state index in [1.54, 1.807) is 0 Å². The maximum Gasteiger partial charge on any atom is 0.223 e. The van der Waals surface area contributed by atoms with E-state index in [0.29, 0.717) is 13.1 Å². The molecule has 0 heterocycles. The van der Waals surface area contributed by atoms with Gasteiger partial charge in [0.05, 0.1) is 0 Å². The van der Waals surface area contributed by atoms with Gasteiger partial charge in [-0.1, -0.05) is 44.2 Å². The summed E-state index contributed by atoms with van der Waals surface area (Å²) in [5.74, 6) is 1.26. The van der Waals surface area contributed by atoms with Gasteiger partial charge in [0.1, 0.15) is 0 Å². The largest absolute Gasteiger partial charge is 0.357 e. The molecule has 26 heavy (non-hydrogen) atoms. The van der Waals surface area contributed by atoms with Crippen molar-refractivity contribution in [2.24, 2.45) is 16.3 Å². The van der Waals surface area contributed by atoms with Gasteiger partial charge in [-0.2, -0.15) is 0 Å². The van der Waals surface area contributed by atoms with Crippen LogP contribution in [-0.4, -0.2) is 38.0 Å². The van der Waals surface area contributed by atoms with Crippen LogP contribution >= 0.6 is 24.0 Å². The molecular formula is C20H33IN4O. The van der Waals surface area contributed by atoms with E-state index in [1.807, 2.05) is 6.07 Å². The standard InChI is InChI=1S/C20H32N4O.HI/c1-4-21-19(23-13-12-22-18(25)17-10-11-17)24-15-20(2,3)14-16-8-6-5-7-9-16;/h5-9,17H,4,10-15H2,1-3H3,(H,22,25)(H2,21,23,24);1H. The summed E-state index contributed by atoms with van der Waals surface area (Å²) in [5.41, 5.74) is 1.42. The van der Waals surface area contributed by atoms with E-state index in [2.05, 4.69) is 61.0 Å². The Morgan fingerprint density at radius 2 is 1.77 bits per heavy atom. The van der Waals surface area contributed by atoms with Crippen molar-refractivity contribution in [3.8, 4) is 0 Å². The maximum absolute atomic E-state index is 11.6. The SMILES string of the molecule is CCNC(=NCC(C)(C)Cc1ccccc1)NCCNC(=O)C1CC1.I. The second kappa shape index (κ2) is 11.4. The fraction of sp³-hybridized carbons (Fsp3) is 0.600. The lowest BCUT2D eigenvalue weighted by atomic mass is 9.86. The summed E-state index contributed by atoms with van der Waals surface area (Å²) in [6.07, 6.45) is 3.08. The molecule has 0 bridgehead atoms. The monoisotopic (exact) mass is 472 g/mol. The molecule has 0 spiro atoms. The number of nitrogens with zero attached hydrogens (tertiary/aromatic N) is 1. The molecule has 1 fully saturated rings. The number of amides is 1. The Bertz CT molecular complexity index is 570. The number of nitrogens with one attached hydrogen (secondary N) is 3. The van der Waals surface area contributed by atoms with Gasteiger partial charge in [-0.05, 0) is 37.2 Å². The van der Waals surface area contributed by atoms with Crippen LogP contribution in [0.15, 0.2) is 35.3 Å². The van der Waals surface area contributed by atoms with Gasteiger partial charge in [0.25, 0.3) is 0 Å². The first-order valence-electron chi connectivity index (χ1n) is 9.34. The summed E-state index contributed by atoms with van der Waals surface area (Å²) in [6.45, 7) is 9.41. The van der Waals surface area contributed by atoms with Gasteiger partial charge >= 0.3 is 0 Å². The third kappa shape index (κ3) is 8.87. The smallest absolute Gasteiger partial charge is 0.223 e. The normalized spacial score (nSPS) is 14.3. The van der Waals surface area contributed by atoms with Gasteiger partial charge in [-0.15, -0.1) is 24.0 Å². The number of carbonyl (C=O) groups excluding carboxylic acids is 1. The van der Waals surface area contributed by atoms with Crippen LogP contribution in [0.2, 0.25) is 0 Å². The minimum absolute atomic E-state index is 0. The molecule has 0 saturated heterocycles. The van der Waals surface area contributed by atoms with Gasteiger partial charge in [0.15, 0.2) is 5.96 Å². The van der Waals surface area contributed by atoms with Gasteiger partial charge in [-0.3, -0.25) is 9.79 Å². The van der Waals surface area contributed by atoms with Crippen molar-refractivity contribution in [2.45, 2.75) is 40.0 Å². The van der Waals surface area contributed by atoms with Gasteiger partial charge in [0.2, 0.25) is 5.91 Å². The molecule has 0 unspecified atom stereocenters. The number of hydrogen-bond donors (Lipinski definition) is 3. The molecule has 2 rings (SSSR count). The molecule has 6 heteroatoms. The molecule has 1 saturated carbocycles. The van der Waals surface area contributed by atoms with Crippen LogP contribution < -0.4 is 16.0 Å². The van der Waals surface area contributed by atoms with Crippen LogP contribution in [0.4, 0.5) is 0 Å². The van der Waals surface area contributed by atoms with Gasteiger partial charge < -0.3 is 16.0 Å². The summed E-state index contributed by atoms with van der Waals surface area (Å²) in [6, 6.07) is 10.5. The third-order valence-corrected chi connectivity index (χ3v) is 4.20. The second-order valence-corrected chi connectivity index (χ2v) is 7.51. The first kappa shape index (κ1) is 22.7. The quantitative estimate of drug-likeness (QED) is 0.224. The average Bonchev–Trinajstić information content (AvgIpc) is 3.42. The Morgan fingerprint density at radius 1 is 1.12 bits per heavy atom. The molecule has 1 aromatic carbocycles. The summed E-state index contributed by atoms with van der Waals surface area (Å²) in [7, 11) is 0. The lowest BCUT2D eigenvalue weighted by Crippen LogP contribution is -2.42. The lowest BCUT2D eigenvalue weighted by Gasteiger charge is -2.23. The van der Waals surface area contributed by atoms with E-state index in [9.17, 15) is 4.79 Å². The molecule has 0 aromatic heterocycles. The molecule has 0 radical (unpaired) electrons. The number of aliphatic imine (C=N–C) groups is 1. The highest BCUT2D eigenvalue weighted by atomic mass is 127. The Balaban J connectivity index is 0.00000338. The Morgan fingerprint density at radius 3 is 2.38 bits per heavy atom. The minimum atomic E-state index is 0. The topological polar surface area (TPSA) is 65.5 Å². The molecule has 146 valence electrons. The summed E-state index contributed by atoms with van der Waals surface area (Å²) < 4.78 is 0. The number of halogens is 1. The number of carbonyl (C=O) groups is 1. The van der Waals surface area contributed by atoms with Crippen molar-refractivity contribution in [3.63, 3.8) is 0 Å². The highest BCUT2D eigenvalue weighted by molar-refractivity contribution is 14.0. The zero-order valence-corrected chi connectivity index (χ0v) is 18.5. The number of rotatable bonds is 9. The molecule has 1 aromatic rings. The first-order valence-corrected chi connectivity index (χ1v) is 9.34. The van der Waals surface area contributed by atoms with E-state index in [1.165, 1.54) is 5.56 Å². The highest BCUT2D eigenvalue weighted by Gasteiger charge is 2.29. The predicted octanol–water partition coefficient (Wildman–Crippen LogP) is 2.95.